The third kappa shape index (κ3) is 15.2. The van der Waals surface area contributed by atoms with Crippen molar-refractivity contribution in [2.45, 2.75) is 117 Å². The lowest BCUT2D eigenvalue weighted by Gasteiger charge is -2.35. The Morgan fingerprint density at radius 3 is 2.34 bits per heavy atom. The van der Waals surface area contributed by atoms with Gasteiger partial charge in [0.05, 0.1) is 48.8 Å². The maximum atomic E-state index is 15.2. The number of hydrogen-bond donors (Lipinski definition) is 4. The number of β-amino-alcohol motifs (C(OH)–C–C–N with tert-alkyl or cyclic N) is 1. The van der Waals surface area contributed by atoms with Crippen LogP contribution >= 0.6 is 0 Å². The number of hydrogen-bond acceptors (Lipinski definition) is 11. The number of benzene rings is 3. The van der Waals surface area contributed by atoms with Gasteiger partial charge in [0, 0.05) is 69.5 Å². The summed E-state index contributed by atoms with van der Waals surface area (Å²) in [5, 5.41) is 28.4. The summed E-state index contributed by atoms with van der Waals surface area (Å²) in [4.78, 5) is 61.0. The third-order valence-corrected chi connectivity index (χ3v) is 13.1. The van der Waals surface area contributed by atoms with E-state index in [0.717, 1.165) is 41.0 Å². The summed E-state index contributed by atoms with van der Waals surface area (Å²) < 4.78 is 72.5. The summed E-state index contributed by atoms with van der Waals surface area (Å²) in [6, 6.07) is 15.7. The first-order valence-electron chi connectivity index (χ1n) is 24.6. The van der Waals surface area contributed by atoms with E-state index in [0.29, 0.717) is 49.4 Å². The number of amides is 4. The predicted octanol–water partition coefficient (Wildman–Crippen LogP) is 6.95. The van der Waals surface area contributed by atoms with E-state index >= 15 is 4.39 Å². The number of unbranched alkanes of at least 4 members (excludes halogenated alkanes) is 1. The second-order valence-corrected chi connectivity index (χ2v) is 20.5. The minimum absolute atomic E-state index is 0.00956. The Kier molecular flexibility index (Phi) is 19.0. The number of allylic oxidation sites excluding steroid dienone is 2. The van der Waals surface area contributed by atoms with Crippen molar-refractivity contribution in [1.29, 1.82) is 5.26 Å². The number of rotatable bonds is 23. The summed E-state index contributed by atoms with van der Waals surface area (Å²) in [5.74, 6) is -2.16. The fourth-order valence-electron chi connectivity index (χ4n) is 9.19. The molecule has 0 aromatic heterocycles. The number of aliphatic hydroxyl groups excluding tert-OH is 1. The maximum absolute atomic E-state index is 15.2. The van der Waals surface area contributed by atoms with Gasteiger partial charge in [-0.3, -0.25) is 24.2 Å². The van der Waals surface area contributed by atoms with Crippen LogP contribution in [0.5, 0.6) is 0 Å². The van der Waals surface area contributed by atoms with E-state index in [2.05, 4.69) is 20.9 Å². The SMILES string of the molecule is CC1=C(c2ccc(CNC(=O)C3CC(O)CN3C(=O)C(NC(=O)COCCOCCCCNc3ccc(CN4CC(C)(C)C(OCCc5ccc(C#N)c(C(F)(F)F)c5)C4=O)cc3F)C(C)(C)C)cc2)CC=N1. The number of aliphatic imine (C=N–C) groups is 1. The first kappa shape index (κ1) is 56.1. The van der Waals surface area contributed by atoms with Crippen LogP contribution in [0.4, 0.5) is 23.2 Å². The largest absolute Gasteiger partial charge is 0.417 e. The standard InChI is InChI=1S/C54H67F4N7O8/c1-34-41(17-20-60-34)38-13-10-36(11-14-38)29-62-49(68)45-27-40(66)31-65(45)50(69)47(52(2,3)4)63-46(67)32-72-24-23-71-21-8-7-19-61-44-16-12-37(26-43(44)55)30-64-33-53(5,6)48(51(64)70)73-22-18-35-9-15-39(28-59)42(25-35)54(56,57)58/h9-16,20,25-26,40,45,47-48,61,66H,7-8,17-19,21-24,27,29-33H2,1-6H3,(H,62,68)(H,63,67). The van der Waals surface area contributed by atoms with Crippen LogP contribution in [0.1, 0.15) is 101 Å². The van der Waals surface area contributed by atoms with Crippen LogP contribution in [0, 0.1) is 28.0 Å². The highest BCUT2D eigenvalue weighted by Crippen LogP contribution is 2.36. The second kappa shape index (κ2) is 24.7. The smallest absolute Gasteiger partial charge is 0.391 e. The highest BCUT2D eigenvalue weighted by molar-refractivity contribution is 5.93. The molecule has 0 aliphatic carbocycles. The van der Waals surface area contributed by atoms with Gasteiger partial charge in [-0.2, -0.15) is 18.4 Å². The molecule has 15 nitrogen and oxygen atoms in total. The van der Waals surface area contributed by atoms with Gasteiger partial charge in [-0.25, -0.2) is 4.39 Å². The van der Waals surface area contributed by atoms with Crippen LogP contribution in [0.3, 0.4) is 0 Å². The molecule has 2 fully saturated rings. The van der Waals surface area contributed by atoms with Crippen LogP contribution in [0.2, 0.25) is 0 Å². The summed E-state index contributed by atoms with van der Waals surface area (Å²) in [6.45, 7) is 12.7. The molecule has 73 heavy (non-hydrogen) atoms. The fraction of sp³-hybridized carbons (Fsp3) is 0.519. The van der Waals surface area contributed by atoms with Gasteiger partial charge in [0.25, 0.3) is 5.91 Å². The Morgan fingerprint density at radius 2 is 1.67 bits per heavy atom. The lowest BCUT2D eigenvalue weighted by Crippen LogP contribution is -2.58. The average Bonchev–Trinajstić information content (AvgIpc) is 4.01. The summed E-state index contributed by atoms with van der Waals surface area (Å²) in [7, 11) is 0. The molecule has 3 aliphatic heterocycles. The Balaban J connectivity index is 0.848. The lowest BCUT2D eigenvalue weighted by atomic mass is 9.85. The van der Waals surface area contributed by atoms with Crippen LogP contribution in [-0.2, 0) is 59.1 Å². The van der Waals surface area contributed by atoms with Gasteiger partial charge >= 0.3 is 6.18 Å². The Morgan fingerprint density at radius 1 is 0.959 bits per heavy atom. The molecule has 0 bridgehead atoms. The van der Waals surface area contributed by atoms with Crippen LogP contribution in [0.15, 0.2) is 71.4 Å². The highest BCUT2D eigenvalue weighted by Gasteiger charge is 2.47. The quantitative estimate of drug-likeness (QED) is 0.0571. The maximum Gasteiger partial charge on any atom is 0.417 e. The monoisotopic (exact) mass is 1020 g/mol. The van der Waals surface area contributed by atoms with Gasteiger partial charge < -0.3 is 45.1 Å². The molecule has 6 rings (SSSR count). The molecule has 3 aliphatic rings. The minimum atomic E-state index is -4.68. The van der Waals surface area contributed by atoms with Gasteiger partial charge in [0.1, 0.15) is 30.6 Å². The highest BCUT2D eigenvalue weighted by atomic mass is 19.4. The van der Waals surface area contributed by atoms with Crippen LogP contribution in [-0.4, -0.2) is 122 Å². The number of halogens is 4. The average molecular weight is 1020 g/mol. The molecule has 4 atom stereocenters. The number of anilines is 1. The number of alkyl halides is 3. The number of nitrogens with one attached hydrogen (secondary N) is 3. The summed E-state index contributed by atoms with van der Waals surface area (Å²) >= 11 is 0. The van der Waals surface area contributed by atoms with E-state index in [-0.39, 0.29) is 64.8 Å². The fourth-order valence-corrected chi connectivity index (χ4v) is 9.19. The van der Waals surface area contributed by atoms with Crippen molar-refractivity contribution in [1.82, 2.24) is 20.4 Å². The topological polar surface area (TPSA) is 195 Å². The van der Waals surface area contributed by atoms with Gasteiger partial charge in [0.2, 0.25) is 17.7 Å². The Hall–Kier alpha value is -6.20. The Labute approximate surface area is 424 Å². The number of likely N-dealkylation sites (tertiary alicyclic amines) is 2. The summed E-state index contributed by atoms with van der Waals surface area (Å²) in [5.41, 5.74) is 2.48. The van der Waals surface area contributed by atoms with E-state index in [9.17, 15) is 37.5 Å². The molecule has 4 unspecified atom stereocenters. The molecule has 2 saturated heterocycles. The predicted molar refractivity (Wildman–Crippen MR) is 266 cm³/mol. The number of aliphatic hydroxyl groups is 1. The van der Waals surface area contributed by atoms with E-state index in [1.54, 1.807) is 43.9 Å². The van der Waals surface area contributed by atoms with Crippen LogP contribution in [0.25, 0.3) is 5.57 Å². The van der Waals surface area contributed by atoms with Gasteiger partial charge in [-0.1, -0.05) is 71.0 Å². The van der Waals surface area contributed by atoms with E-state index in [1.807, 2.05) is 51.3 Å². The van der Waals surface area contributed by atoms with Crippen molar-refractivity contribution < 1.29 is 56.1 Å². The van der Waals surface area contributed by atoms with Gasteiger partial charge in [0.15, 0.2) is 0 Å². The van der Waals surface area contributed by atoms with Crippen molar-refractivity contribution in [3.05, 3.63) is 106 Å². The molecule has 0 spiro atoms. The van der Waals surface area contributed by atoms with E-state index in [1.165, 1.54) is 17.0 Å². The molecule has 4 amide bonds. The normalized spacial score (nSPS) is 19.1. The zero-order valence-corrected chi connectivity index (χ0v) is 42.4. The number of nitriles is 1. The van der Waals surface area contributed by atoms with Crippen LogP contribution < -0.4 is 16.0 Å². The number of ether oxygens (including phenoxy) is 3. The van der Waals surface area contributed by atoms with Crippen molar-refractivity contribution in [3.63, 3.8) is 0 Å². The molecular formula is C54H67F4N7O8. The molecule has 19 heteroatoms. The van der Waals surface area contributed by atoms with Gasteiger partial charge in [-0.05, 0) is 83.7 Å². The summed E-state index contributed by atoms with van der Waals surface area (Å²) in [6.07, 6.45) is -2.25. The second-order valence-electron chi connectivity index (χ2n) is 20.5. The molecule has 4 N–H and O–H groups in total. The van der Waals surface area contributed by atoms with Crippen molar-refractivity contribution >= 4 is 41.1 Å². The number of carbonyl (C=O) groups is 4. The minimum Gasteiger partial charge on any atom is -0.391 e. The van der Waals surface area contributed by atoms with Gasteiger partial charge in [-0.15, -0.1) is 0 Å². The third-order valence-electron chi connectivity index (χ3n) is 13.1. The molecular weight excluding hydrogens is 951 g/mol. The molecule has 3 heterocycles. The molecule has 3 aromatic carbocycles. The van der Waals surface area contributed by atoms with E-state index in [4.69, 9.17) is 19.5 Å². The van der Waals surface area contributed by atoms with E-state index < -0.39 is 76.0 Å². The molecule has 0 saturated carbocycles. The number of nitrogens with zero attached hydrogens (tertiary/aromatic N) is 4. The number of carbonyl (C=O) groups excluding carboxylic acids is 4. The molecule has 3 aromatic rings. The zero-order chi connectivity index (χ0) is 53.1. The van der Waals surface area contributed by atoms with Crippen molar-refractivity contribution in [2.24, 2.45) is 15.8 Å². The Bertz CT molecular complexity index is 2550. The van der Waals surface area contributed by atoms with Crippen molar-refractivity contribution in [2.75, 3.05) is 58.0 Å². The first-order chi connectivity index (χ1) is 34.5. The zero-order valence-electron chi connectivity index (χ0n) is 42.4. The van der Waals surface area contributed by atoms with Crippen molar-refractivity contribution in [3.8, 4) is 6.07 Å². The molecule has 0 radical (unpaired) electrons. The lowest BCUT2D eigenvalue weighted by molar-refractivity contribution is -0.144. The molecule has 394 valence electrons. The first-order valence-corrected chi connectivity index (χ1v) is 24.6.